The summed E-state index contributed by atoms with van der Waals surface area (Å²) in [6, 6.07) is 4.92. The van der Waals surface area contributed by atoms with Crippen LogP contribution in [-0.2, 0) is 14.3 Å². The molecule has 20 heavy (non-hydrogen) atoms. The average Bonchev–Trinajstić information content (AvgIpc) is 2.46. The van der Waals surface area contributed by atoms with Crippen molar-refractivity contribution in [3.63, 3.8) is 0 Å². The van der Waals surface area contributed by atoms with Gasteiger partial charge in [-0.25, -0.2) is 4.79 Å². The molecule has 0 spiro atoms. The van der Waals surface area contributed by atoms with Gasteiger partial charge >= 0.3 is 5.97 Å². The number of rotatable bonds is 5. The van der Waals surface area contributed by atoms with E-state index in [1.165, 1.54) is 19.1 Å². The molecule has 0 bridgehead atoms. The molecule has 1 rings (SSSR count). The summed E-state index contributed by atoms with van der Waals surface area (Å²) in [6.07, 6.45) is 1.63. The highest BCUT2D eigenvalue weighted by Crippen LogP contribution is 2.26. The molecule has 1 amide bonds. The van der Waals surface area contributed by atoms with Crippen LogP contribution < -0.4 is 4.90 Å². The van der Waals surface area contributed by atoms with Gasteiger partial charge in [-0.3, -0.25) is 9.79 Å². The Labute approximate surface area is 118 Å². The van der Waals surface area contributed by atoms with E-state index in [1.54, 1.807) is 38.4 Å². The van der Waals surface area contributed by atoms with Gasteiger partial charge in [0.1, 0.15) is 6.61 Å². The molecular formula is C14H18N2O4. The quantitative estimate of drug-likeness (QED) is 0.608. The van der Waals surface area contributed by atoms with E-state index >= 15 is 0 Å². The molecule has 0 N–H and O–H groups in total. The molecule has 0 aliphatic carbocycles. The topological polar surface area (TPSA) is 68.2 Å². The maximum Gasteiger partial charge on any atom is 0.339 e. The number of methoxy groups -OCH3 is 2. The second kappa shape index (κ2) is 7.40. The van der Waals surface area contributed by atoms with E-state index in [2.05, 4.69) is 4.99 Å². The molecule has 0 saturated heterocycles. The Kier molecular flexibility index (Phi) is 5.86. The normalized spacial score (nSPS) is 10.6. The predicted molar refractivity (Wildman–Crippen MR) is 76.9 cm³/mol. The standard InChI is InChI=1S/C14H18N2O4/c1-5-15-10-6-7-11(14(18)20-4)12(8-10)16(2)13(17)9-19-3/h5-8H,9H2,1-4H3. The number of benzene rings is 1. The number of nitrogens with zero attached hydrogens (tertiary/aromatic N) is 2. The van der Waals surface area contributed by atoms with Gasteiger partial charge in [0.15, 0.2) is 0 Å². The molecule has 0 aromatic heterocycles. The van der Waals surface area contributed by atoms with Crippen molar-refractivity contribution in [3.05, 3.63) is 23.8 Å². The van der Waals surface area contributed by atoms with Crippen molar-refractivity contribution >= 4 is 29.5 Å². The van der Waals surface area contributed by atoms with Crippen LogP contribution in [0.5, 0.6) is 0 Å². The fourth-order valence-electron chi connectivity index (χ4n) is 1.66. The summed E-state index contributed by atoms with van der Waals surface area (Å²) >= 11 is 0. The van der Waals surface area contributed by atoms with Crippen LogP contribution in [0.1, 0.15) is 17.3 Å². The number of esters is 1. The summed E-state index contributed by atoms with van der Waals surface area (Å²) in [7, 11) is 4.30. The van der Waals surface area contributed by atoms with Gasteiger partial charge in [0.05, 0.1) is 24.0 Å². The molecule has 108 valence electrons. The van der Waals surface area contributed by atoms with Gasteiger partial charge in [0.2, 0.25) is 0 Å². The van der Waals surface area contributed by atoms with Crippen molar-refractivity contribution in [1.29, 1.82) is 0 Å². The van der Waals surface area contributed by atoms with Crippen molar-refractivity contribution < 1.29 is 19.1 Å². The molecule has 0 unspecified atom stereocenters. The number of amides is 1. The first-order valence-corrected chi connectivity index (χ1v) is 6.01. The van der Waals surface area contributed by atoms with E-state index < -0.39 is 5.97 Å². The number of anilines is 1. The van der Waals surface area contributed by atoms with Crippen LogP contribution in [0.4, 0.5) is 11.4 Å². The molecule has 0 atom stereocenters. The predicted octanol–water partition coefficient (Wildman–Crippen LogP) is 1.80. The highest BCUT2D eigenvalue weighted by Gasteiger charge is 2.19. The Morgan fingerprint density at radius 3 is 2.60 bits per heavy atom. The van der Waals surface area contributed by atoms with Crippen LogP contribution in [0.15, 0.2) is 23.2 Å². The summed E-state index contributed by atoms with van der Waals surface area (Å²) in [5.74, 6) is -0.778. The van der Waals surface area contributed by atoms with Gasteiger partial charge in [0.25, 0.3) is 5.91 Å². The molecular weight excluding hydrogens is 260 g/mol. The van der Waals surface area contributed by atoms with Gasteiger partial charge in [-0.05, 0) is 25.1 Å². The first-order chi connectivity index (χ1) is 9.54. The number of likely N-dealkylation sites (N-methyl/N-ethyl adjacent to an activating group) is 1. The Bertz CT molecular complexity index is 526. The van der Waals surface area contributed by atoms with Gasteiger partial charge < -0.3 is 14.4 Å². The van der Waals surface area contributed by atoms with Crippen LogP contribution in [-0.4, -0.2) is 46.0 Å². The molecule has 0 radical (unpaired) electrons. The zero-order valence-electron chi connectivity index (χ0n) is 12.0. The van der Waals surface area contributed by atoms with Crippen LogP contribution >= 0.6 is 0 Å². The third-order valence-electron chi connectivity index (χ3n) is 2.67. The monoisotopic (exact) mass is 278 g/mol. The summed E-state index contributed by atoms with van der Waals surface area (Å²) in [5.41, 5.74) is 1.38. The fraction of sp³-hybridized carbons (Fsp3) is 0.357. The Balaban J connectivity index is 3.26. The van der Waals surface area contributed by atoms with Gasteiger partial charge in [-0.2, -0.15) is 0 Å². The Morgan fingerprint density at radius 1 is 1.35 bits per heavy atom. The first kappa shape index (κ1) is 15.8. The minimum absolute atomic E-state index is 0.0710. The Morgan fingerprint density at radius 2 is 2.05 bits per heavy atom. The molecule has 0 heterocycles. The third kappa shape index (κ3) is 3.64. The largest absolute Gasteiger partial charge is 0.465 e. The van der Waals surface area contributed by atoms with Crippen molar-refractivity contribution in [2.24, 2.45) is 4.99 Å². The maximum absolute atomic E-state index is 11.9. The molecule has 0 fully saturated rings. The number of aliphatic imine (C=N–C) groups is 1. The van der Waals surface area contributed by atoms with E-state index in [9.17, 15) is 9.59 Å². The summed E-state index contributed by atoms with van der Waals surface area (Å²) in [5, 5.41) is 0. The van der Waals surface area contributed by atoms with Crippen LogP contribution in [0.2, 0.25) is 0 Å². The molecule has 0 aliphatic rings. The lowest BCUT2D eigenvalue weighted by Gasteiger charge is -2.20. The second-order valence-corrected chi connectivity index (χ2v) is 3.97. The number of hydrogen-bond donors (Lipinski definition) is 0. The maximum atomic E-state index is 11.9. The lowest BCUT2D eigenvalue weighted by molar-refractivity contribution is -0.121. The lowest BCUT2D eigenvalue weighted by Crippen LogP contribution is -2.31. The third-order valence-corrected chi connectivity index (χ3v) is 2.67. The van der Waals surface area contributed by atoms with Gasteiger partial charge in [-0.15, -0.1) is 0 Å². The van der Waals surface area contributed by atoms with E-state index in [-0.39, 0.29) is 12.5 Å². The number of hydrogen-bond acceptors (Lipinski definition) is 5. The Hall–Kier alpha value is -2.21. The molecule has 1 aromatic carbocycles. The van der Waals surface area contributed by atoms with Crippen molar-refractivity contribution in [2.75, 3.05) is 32.8 Å². The van der Waals surface area contributed by atoms with Crippen molar-refractivity contribution in [2.45, 2.75) is 6.92 Å². The van der Waals surface area contributed by atoms with Gasteiger partial charge in [-0.1, -0.05) is 0 Å². The summed E-state index contributed by atoms with van der Waals surface area (Å²) in [4.78, 5) is 29.1. The van der Waals surface area contributed by atoms with Crippen molar-refractivity contribution in [3.8, 4) is 0 Å². The SMILES string of the molecule is CC=Nc1ccc(C(=O)OC)c(N(C)C(=O)COC)c1. The van der Waals surface area contributed by atoms with Gasteiger partial charge in [0, 0.05) is 20.4 Å². The number of carbonyl (C=O) groups is 2. The summed E-state index contributed by atoms with van der Waals surface area (Å²) in [6.45, 7) is 1.71. The second-order valence-electron chi connectivity index (χ2n) is 3.97. The van der Waals surface area contributed by atoms with E-state index in [0.717, 1.165) is 0 Å². The molecule has 0 saturated carbocycles. The minimum atomic E-state index is -0.510. The minimum Gasteiger partial charge on any atom is -0.465 e. The van der Waals surface area contributed by atoms with Crippen LogP contribution in [0, 0.1) is 0 Å². The van der Waals surface area contributed by atoms with E-state index in [4.69, 9.17) is 9.47 Å². The van der Waals surface area contributed by atoms with Crippen molar-refractivity contribution in [1.82, 2.24) is 0 Å². The summed E-state index contributed by atoms with van der Waals surface area (Å²) < 4.78 is 9.53. The zero-order chi connectivity index (χ0) is 15.1. The van der Waals surface area contributed by atoms with Crippen LogP contribution in [0.3, 0.4) is 0 Å². The average molecular weight is 278 g/mol. The highest BCUT2D eigenvalue weighted by molar-refractivity contribution is 6.03. The van der Waals surface area contributed by atoms with E-state index in [0.29, 0.717) is 16.9 Å². The zero-order valence-corrected chi connectivity index (χ0v) is 12.0. The lowest BCUT2D eigenvalue weighted by atomic mass is 10.1. The van der Waals surface area contributed by atoms with E-state index in [1.807, 2.05) is 0 Å². The first-order valence-electron chi connectivity index (χ1n) is 6.01. The van der Waals surface area contributed by atoms with Crippen LogP contribution in [0.25, 0.3) is 0 Å². The number of carbonyl (C=O) groups excluding carboxylic acids is 2. The smallest absolute Gasteiger partial charge is 0.339 e. The number of ether oxygens (including phenoxy) is 2. The fourth-order valence-corrected chi connectivity index (χ4v) is 1.66. The highest BCUT2D eigenvalue weighted by atomic mass is 16.5. The molecule has 6 heteroatoms. The molecule has 1 aromatic rings. The molecule has 0 aliphatic heterocycles. The molecule has 6 nitrogen and oxygen atoms in total.